The fourth-order valence-corrected chi connectivity index (χ4v) is 4.58. The number of amides is 1. The minimum atomic E-state index is -3.52. The molecule has 1 N–H and O–H groups in total. The van der Waals surface area contributed by atoms with Crippen LogP contribution in [0.4, 0.5) is 0 Å². The van der Waals surface area contributed by atoms with Gasteiger partial charge in [-0.3, -0.25) is 4.79 Å². The summed E-state index contributed by atoms with van der Waals surface area (Å²) in [5.41, 5.74) is 0. The zero-order chi connectivity index (χ0) is 15.0. The van der Waals surface area contributed by atoms with Gasteiger partial charge < -0.3 is 5.32 Å². The second kappa shape index (κ2) is 5.70. The summed E-state index contributed by atoms with van der Waals surface area (Å²) in [4.78, 5) is 12.3. The first-order chi connectivity index (χ1) is 9.96. The zero-order valence-corrected chi connectivity index (χ0v) is 13.9. The summed E-state index contributed by atoms with van der Waals surface area (Å²) in [7, 11) is -3.52. The smallest absolute Gasteiger partial charge is 0.243 e. The fourth-order valence-electron chi connectivity index (χ4n) is 2.48. The number of benzene rings is 1. The maximum atomic E-state index is 12.6. The average molecular weight is 373 g/mol. The lowest BCUT2D eigenvalue weighted by Gasteiger charge is -2.16. The van der Waals surface area contributed by atoms with Gasteiger partial charge in [0.05, 0.1) is 10.8 Å². The largest absolute Gasteiger partial charge is 0.353 e. The number of nitrogens with zero attached hydrogens (tertiary/aromatic N) is 1. The average Bonchev–Trinajstić information content (AvgIpc) is 3.10. The molecular formula is C14H17BrN2O3S. The Hall–Kier alpha value is -0.920. The van der Waals surface area contributed by atoms with Gasteiger partial charge in [-0.15, -0.1) is 0 Å². The molecular weight excluding hydrogens is 356 g/mol. The first kappa shape index (κ1) is 15.0. The summed E-state index contributed by atoms with van der Waals surface area (Å²) >= 11 is 3.29. The number of hydrogen-bond acceptors (Lipinski definition) is 3. The van der Waals surface area contributed by atoms with Crippen LogP contribution in [-0.2, 0) is 14.8 Å². The third kappa shape index (κ3) is 3.30. The van der Waals surface area contributed by atoms with Gasteiger partial charge in [0.25, 0.3) is 0 Å². The van der Waals surface area contributed by atoms with Crippen molar-refractivity contribution in [1.29, 1.82) is 0 Å². The van der Waals surface area contributed by atoms with Crippen LogP contribution in [0.15, 0.2) is 33.6 Å². The Morgan fingerprint density at radius 1 is 1.29 bits per heavy atom. The Bertz CT molecular complexity index is 658. The molecule has 1 atom stereocenters. The second-order valence-electron chi connectivity index (χ2n) is 5.59. The molecule has 114 valence electrons. The number of carbonyl (C=O) groups excluding carboxylic acids is 1. The molecule has 1 aromatic rings. The Morgan fingerprint density at radius 3 is 2.71 bits per heavy atom. The third-order valence-corrected chi connectivity index (χ3v) is 6.23. The Balaban J connectivity index is 1.71. The van der Waals surface area contributed by atoms with E-state index in [-0.39, 0.29) is 23.3 Å². The summed E-state index contributed by atoms with van der Waals surface area (Å²) < 4.78 is 27.3. The van der Waals surface area contributed by atoms with Crippen LogP contribution in [0.5, 0.6) is 0 Å². The van der Waals surface area contributed by atoms with Crippen molar-refractivity contribution < 1.29 is 13.2 Å². The molecule has 0 bridgehead atoms. The topological polar surface area (TPSA) is 66.5 Å². The van der Waals surface area contributed by atoms with Crippen molar-refractivity contribution in [2.45, 2.75) is 30.2 Å². The lowest BCUT2D eigenvalue weighted by Crippen LogP contribution is -2.35. The van der Waals surface area contributed by atoms with Crippen LogP contribution in [0, 0.1) is 5.92 Å². The monoisotopic (exact) mass is 372 g/mol. The van der Waals surface area contributed by atoms with Gasteiger partial charge in [0.1, 0.15) is 0 Å². The number of carbonyl (C=O) groups is 1. The van der Waals surface area contributed by atoms with Crippen molar-refractivity contribution in [2.75, 3.05) is 13.1 Å². The normalized spacial score (nSPS) is 23.2. The van der Waals surface area contributed by atoms with Crippen LogP contribution in [-0.4, -0.2) is 37.8 Å². The summed E-state index contributed by atoms with van der Waals surface area (Å²) in [6.07, 6.45) is 2.67. The zero-order valence-electron chi connectivity index (χ0n) is 11.5. The molecule has 1 aliphatic carbocycles. The van der Waals surface area contributed by atoms with Crippen LogP contribution in [0.3, 0.4) is 0 Å². The van der Waals surface area contributed by atoms with Crippen LogP contribution in [0.2, 0.25) is 0 Å². The van der Waals surface area contributed by atoms with Crippen LogP contribution < -0.4 is 5.32 Å². The van der Waals surface area contributed by atoms with E-state index >= 15 is 0 Å². The van der Waals surface area contributed by atoms with E-state index < -0.39 is 10.0 Å². The minimum Gasteiger partial charge on any atom is -0.353 e. The van der Waals surface area contributed by atoms with Crippen molar-refractivity contribution in [2.24, 2.45) is 5.92 Å². The summed E-state index contributed by atoms with van der Waals surface area (Å²) in [5.74, 6) is -0.239. The summed E-state index contributed by atoms with van der Waals surface area (Å²) in [6.45, 7) is 0.672. The molecule has 1 amide bonds. The molecule has 3 rings (SSSR count). The van der Waals surface area contributed by atoms with E-state index in [0.717, 1.165) is 17.3 Å². The van der Waals surface area contributed by atoms with Gasteiger partial charge in [-0.1, -0.05) is 22.0 Å². The Morgan fingerprint density at radius 2 is 2.05 bits per heavy atom. The Labute approximate surface area is 132 Å². The molecule has 21 heavy (non-hydrogen) atoms. The van der Waals surface area contributed by atoms with Crippen molar-refractivity contribution in [3.05, 3.63) is 28.7 Å². The SMILES string of the molecule is O=C(NC1CC1)C1CCN(S(=O)(=O)c2cccc(Br)c2)C1. The van der Waals surface area contributed by atoms with E-state index in [1.165, 1.54) is 4.31 Å². The van der Waals surface area contributed by atoms with Crippen LogP contribution >= 0.6 is 15.9 Å². The number of nitrogens with one attached hydrogen (secondary N) is 1. The Kier molecular flexibility index (Phi) is 4.07. The first-order valence-corrected chi connectivity index (χ1v) is 9.26. The van der Waals surface area contributed by atoms with Crippen molar-refractivity contribution >= 4 is 31.9 Å². The molecule has 0 spiro atoms. The molecule has 2 aliphatic rings. The van der Waals surface area contributed by atoms with Crippen molar-refractivity contribution in [1.82, 2.24) is 9.62 Å². The van der Waals surface area contributed by atoms with Gasteiger partial charge in [0.2, 0.25) is 15.9 Å². The standard InChI is InChI=1S/C14H17BrN2O3S/c15-11-2-1-3-13(8-11)21(19,20)17-7-6-10(9-17)14(18)16-12-4-5-12/h1-3,8,10,12H,4-7,9H2,(H,16,18). The van der Waals surface area contributed by atoms with Crippen LogP contribution in [0.25, 0.3) is 0 Å². The van der Waals surface area contributed by atoms with E-state index in [9.17, 15) is 13.2 Å². The molecule has 5 nitrogen and oxygen atoms in total. The maximum absolute atomic E-state index is 12.6. The van der Waals surface area contributed by atoms with Gasteiger partial charge in [-0.25, -0.2) is 8.42 Å². The minimum absolute atomic E-state index is 0.00978. The van der Waals surface area contributed by atoms with E-state index in [4.69, 9.17) is 0 Å². The highest BCUT2D eigenvalue weighted by atomic mass is 79.9. The number of sulfonamides is 1. The van der Waals surface area contributed by atoms with E-state index in [2.05, 4.69) is 21.2 Å². The number of rotatable bonds is 4. The highest BCUT2D eigenvalue weighted by Crippen LogP contribution is 2.27. The second-order valence-corrected chi connectivity index (χ2v) is 8.44. The van der Waals surface area contributed by atoms with Crippen molar-refractivity contribution in [3.63, 3.8) is 0 Å². The van der Waals surface area contributed by atoms with Gasteiger partial charge in [0.15, 0.2) is 0 Å². The summed E-state index contributed by atoms with van der Waals surface area (Å²) in [5, 5.41) is 2.95. The van der Waals surface area contributed by atoms with Gasteiger partial charge in [-0.2, -0.15) is 4.31 Å². The first-order valence-electron chi connectivity index (χ1n) is 7.03. The molecule has 0 radical (unpaired) electrons. The van der Waals surface area contributed by atoms with E-state index in [1.54, 1.807) is 24.3 Å². The lowest BCUT2D eigenvalue weighted by molar-refractivity contribution is -0.124. The molecule has 2 fully saturated rings. The molecule has 1 heterocycles. The van der Waals surface area contributed by atoms with Crippen molar-refractivity contribution in [3.8, 4) is 0 Å². The molecule has 1 aromatic carbocycles. The van der Waals surface area contributed by atoms with Gasteiger partial charge in [-0.05, 0) is 37.5 Å². The molecule has 1 saturated heterocycles. The molecule has 7 heteroatoms. The van der Waals surface area contributed by atoms with Gasteiger partial charge >= 0.3 is 0 Å². The highest BCUT2D eigenvalue weighted by Gasteiger charge is 2.37. The molecule has 1 saturated carbocycles. The third-order valence-electron chi connectivity index (χ3n) is 3.88. The van der Waals surface area contributed by atoms with Crippen LogP contribution in [0.1, 0.15) is 19.3 Å². The molecule has 0 aromatic heterocycles. The molecule has 1 unspecified atom stereocenters. The fraction of sp³-hybridized carbons (Fsp3) is 0.500. The predicted molar refractivity (Wildman–Crippen MR) is 82.2 cm³/mol. The van der Waals surface area contributed by atoms with E-state index in [0.29, 0.717) is 19.0 Å². The van der Waals surface area contributed by atoms with Gasteiger partial charge in [0, 0.05) is 23.6 Å². The number of halogens is 1. The molecule has 1 aliphatic heterocycles. The summed E-state index contributed by atoms with van der Waals surface area (Å²) in [6, 6.07) is 6.97. The lowest BCUT2D eigenvalue weighted by atomic mass is 10.1. The quantitative estimate of drug-likeness (QED) is 0.874. The predicted octanol–water partition coefficient (Wildman–Crippen LogP) is 1.74. The number of hydrogen-bond donors (Lipinski definition) is 1. The van der Waals surface area contributed by atoms with E-state index in [1.807, 2.05) is 0 Å². The maximum Gasteiger partial charge on any atom is 0.243 e. The highest BCUT2D eigenvalue weighted by molar-refractivity contribution is 9.10.